The maximum absolute atomic E-state index is 13.4. The van der Waals surface area contributed by atoms with E-state index < -0.39 is 0 Å². The number of nitrogens with one attached hydrogen (secondary N) is 1. The molecule has 1 unspecified atom stereocenters. The third kappa shape index (κ3) is 2.78. The van der Waals surface area contributed by atoms with Crippen molar-refractivity contribution in [3.63, 3.8) is 0 Å². The van der Waals surface area contributed by atoms with Gasteiger partial charge in [0.2, 0.25) is 0 Å². The molecule has 1 heterocycles. The molecule has 2 aromatic carbocycles. The highest BCUT2D eigenvalue weighted by Gasteiger charge is 2.13. The van der Waals surface area contributed by atoms with Crippen molar-refractivity contribution in [3.05, 3.63) is 77.2 Å². The fraction of sp³-hybridized carbons (Fsp3) is 0.167. The van der Waals surface area contributed by atoms with Crippen LogP contribution in [0, 0.1) is 12.7 Å². The molecule has 0 saturated carbocycles. The van der Waals surface area contributed by atoms with Gasteiger partial charge in [-0.2, -0.15) is 0 Å². The molecule has 0 aliphatic heterocycles. The Hall–Kier alpha value is -2.26. The van der Waals surface area contributed by atoms with E-state index in [1.165, 1.54) is 6.07 Å². The van der Waals surface area contributed by atoms with E-state index in [1.54, 1.807) is 12.1 Å². The van der Waals surface area contributed by atoms with Gasteiger partial charge in [-0.05, 0) is 55.4 Å². The highest BCUT2D eigenvalue weighted by Crippen LogP contribution is 2.25. The summed E-state index contributed by atoms with van der Waals surface area (Å²) in [6.45, 7) is 1.98. The predicted molar refractivity (Wildman–Crippen MR) is 83.8 cm³/mol. The fourth-order valence-electron chi connectivity index (χ4n) is 2.64. The molecule has 0 saturated heterocycles. The average molecular weight is 280 g/mol. The molecule has 1 atom stereocenters. The van der Waals surface area contributed by atoms with Crippen LogP contribution in [0.5, 0.6) is 0 Å². The molecule has 21 heavy (non-hydrogen) atoms. The molecule has 3 heteroatoms. The van der Waals surface area contributed by atoms with Crippen LogP contribution in [0.15, 0.2) is 54.6 Å². The van der Waals surface area contributed by atoms with Crippen LogP contribution in [0.2, 0.25) is 0 Å². The summed E-state index contributed by atoms with van der Waals surface area (Å²) in [7, 11) is 1.88. The average Bonchev–Trinajstić information content (AvgIpc) is 2.48. The summed E-state index contributed by atoms with van der Waals surface area (Å²) in [5.41, 5.74) is 4.00. The van der Waals surface area contributed by atoms with Crippen molar-refractivity contribution >= 4 is 10.9 Å². The van der Waals surface area contributed by atoms with Gasteiger partial charge in [0.15, 0.2) is 0 Å². The number of pyridine rings is 1. The molecule has 3 aromatic rings. The minimum absolute atomic E-state index is 0.0357. The molecular weight excluding hydrogens is 263 g/mol. The largest absolute Gasteiger partial charge is 0.309 e. The zero-order valence-corrected chi connectivity index (χ0v) is 12.1. The Morgan fingerprint density at radius 2 is 1.81 bits per heavy atom. The van der Waals surface area contributed by atoms with Crippen LogP contribution in [0.4, 0.5) is 4.39 Å². The van der Waals surface area contributed by atoms with Gasteiger partial charge in [-0.3, -0.25) is 4.98 Å². The Balaban J connectivity index is 2.06. The molecule has 0 aliphatic carbocycles. The van der Waals surface area contributed by atoms with Crippen LogP contribution in [0.1, 0.15) is 22.9 Å². The second-order valence-corrected chi connectivity index (χ2v) is 5.18. The predicted octanol–water partition coefficient (Wildman–Crippen LogP) is 3.99. The van der Waals surface area contributed by atoms with Gasteiger partial charge < -0.3 is 5.32 Å². The SMILES string of the molecule is CNC(c1cccc(F)c1)c1ccc2nc(C)ccc2c1. The van der Waals surface area contributed by atoms with Gasteiger partial charge in [-0.15, -0.1) is 0 Å². The normalized spacial score (nSPS) is 12.5. The van der Waals surface area contributed by atoms with Gasteiger partial charge >= 0.3 is 0 Å². The van der Waals surface area contributed by atoms with Crippen LogP contribution in [-0.2, 0) is 0 Å². The zero-order chi connectivity index (χ0) is 14.8. The smallest absolute Gasteiger partial charge is 0.123 e. The summed E-state index contributed by atoms with van der Waals surface area (Å²) in [6, 6.07) is 16.9. The number of fused-ring (bicyclic) bond motifs is 1. The van der Waals surface area contributed by atoms with Gasteiger partial charge in [0.1, 0.15) is 5.82 Å². The number of benzene rings is 2. The number of hydrogen-bond acceptors (Lipinski definition) is 2. The lowest BCUT2D eigenvalue weighted by atomic mass is 9.97. The van der Waals surface area contributed by atoms with E-state index in [-0.39, 0.29) is 11.9 Å². The fourth-order valence-corrected chi connectivity index (χ4v) is 2.64. The van der Waals surface area contributed by atoms with Gasteiger partial charge in [0.05, 0.1) is 11.6 Å². The maximum atomic E-state index is 13.4. The lowest BCUT2D eigenvalue weighted by molar-refractivity contribution is 0.617. The van der Waals surface area contributed by atoms with Crippen molar-refractivity contribution < 1.29 is 4.39 Å². The van der Waals surface area contributed by atoms with Crippen molar-refractivity contribution in [3.8, 4) is 0 Å². The molecule has 3 rings (SSSR count). The molecule has 0 fully saturated rings. The van der Waals surface area contributed by atoms with Crippen molar-refractivity contribution in [2.24, 2.45) is 0 Å². The van der Waals surface area contributed by atoms with Crippen molar-refractivity contribution in [2.75, 3.05) is 7.05 Å². The Bertz CT molecular complexity index is 783. The number of aryl methyl sites for hydroxylation is 1. The van der Waals surface area contributed by atoms with E-state index in [1.807, 2.05) is 38.2 Å². The van der Waals surface area contributed by atoms with E-state index in [0.29, 0.717) is 0 Å². The lowest BCUT2D eigenvalue weighted by Crippen LogP contribution is -2.17. The van der Waals surface area contributed by atoms with Crippen molar-refractivity contribution in [2.45, 2.75) is 13.0 Å². The first-order valence-electron chi connectivity index (χ1n) is 6.97. The van der Waals surface area contributed by atoms with Crippen molar-refractivity contribution in [1.82, 2.24) is 10.3 Å². The first-order valence-corrected chi connectivity index (χ1v) is 6.97. The highest BCUT2D eigenvalue weighted by atomic mass is 19.1. The molecule has 0 amide bonds. The molecule has 0 spiro atoms. The molecule has 0 aliphatic rings. The molecule has 0 bridgehead atoms. The van der Waals surface area contributed by atoms with Crippen LogP contribution in [0.3, 0.4) is 0 Å². The molecule has 0 radical (unpaired) electrons. The topological polar surface area (TPSA) is 24.9 Å². The van der Waals surface area contributed by atoms with E-state index in [2.05, 4.69) is 22.4 Å². The van der Waals surface area contributed by atoms with Crippen LogP contribution in [0.25, 0.3) is 10.9 Å². The number of halogens is 1. The summed E-state index contributed by atoms with van der Waals surface area (Å²) in [4.78, 5) is 4.51. The minimum Gasteiger partial charge on any atom is -0.309 e. The van der Waals surface area contributed by atoms with E-state index in [0.717, 1.165) is 27.7 Å². The molecule has 106 valence electrons. The monoisotopic (exact) mass is 280 g/mol. The number of aromatic nitrogens is 1. The van der Waals surface area contributed by atoms with Crippen LogP contribution >= 0.6 is 0 Å². The van der Waals surface area contributed by atoms with Gasteiger partial charge in [-0.1, -0.05) is 24.3 Å². The summed E-state index contributed by atoms with van der Waals surface area (Å²) < 4.78 is 13.4. The molecule has 1 aromatic heterocycles. The Kier molecular flexibility index (Phi) is 3.67. The second-order valence-electron chi connectivity index (χ2n) is 5.18. The summed E-state index contributed by atoms with van der Waals surface area (Å²) in [5.74, 6) is -0.217. The van der Waals surface area contributed by atoms with Gasteiger partial charge in [0.25, 0.3) is 0 Å². The number of rotatable bonds is 3. The molecular formula is C18H17FN2. The van der Waals surface area contributed by atoms with Crippen LogP contribution < -0.4 is 5.32 Å². The Morgan fingerprint density at radius 3 is 2.57 bits per heavy atom. The number of nitrogens with zero attached hydrogens (tertiary/aromatic N) is 1. The lowest BCUT2D eigenvalue weighted by Gasteiger charge is -2.18. The van der Waals surface area contributed by atoms with Crippen molar-refractivity contribution in [1.29, 1.82) is 0 Å². The third-order valence-corrected chi connectivity index (χ3v) is 3.66. The molecule has 1 N–H and O–H groups in total. The summed E-state index contributed by atoms with van der Waals surface area (Å²) in [5, 5.41) is 4.34. The quantitative estimate of drug-likeness (QED) is 0.784. The summed E-state index contributed by atoms with van der Waals surface area (Å²) >= 11 is 0. The molecule has 2 nitrogen and oxygen atoms in total. The Morgan fingerprint density at radius 1 is 1.00 bits per heavy atom. The zero-order valence-electron chi connectivity index (χ0n) is 12.1. The third-order valence-electron chi connectivity index (χ3n) is 3.66. The minimum atomic E-state index is -0.217. The van der Waals surface area contributed by atoms with Crippen LogP contribution in [-0.4, -0.2) is 12.0 Å². The standard InChI is InChI=1S/C18H17FN2/c1-12-6-7-13-10-15(8-9-17(13)21-12)18(20-2)14-4-3-5-16(19)11-14/h3-11,18,20H,1-2H3. The second kappa shape index (κ2) is 5.62. The summed E-state index contributed by atoms with van der Waals surface area (Å²) in [6.07, 6.45) is 0. The van der Waals surface area contributed by atoms with E-state index >= 15 is 0 Å². The first-order chi connectivity index (χ1) is 10.2. The van der Waals surface area contributed by atoms with Gasteiger partial charge in [-0.25, -0.2) is 4.39 Å². The van der Waals surface area contributed by atoms with E-state index in [4.69, 9.17) is 0 Å². The maximum Gasteiger partial charge on any atom is 0.123 e. The first kappa shape index (κ1) is 13.7. The van der Waals surface area contributed by atoms with Gasteiger partial charge in [0, 0.05) is 11.1 Å². The van der Waals surface area contributed by atoms with E-state index in [9.17, 15) is 4.39 Å². The number of hydrogen-bond donors (Lipinski definition) is 1. The highest BCUT2D eigenvalue weighted by molar-refractivity contribution is 5.79. The Labute approximate surface area is 123 Å².